The summed E-state index contributed by atoms with van der Waals surface area (Å²) in [6, 6.07) is 9.82. The van der Waals surface area contributed by atoms with Crippen molar-refractivity contribution < 1.29 is 28.5 Å². The molecular formula is C24H25BrN2O6. The third-order valence-electron chi connectivity index (χ3n) is 4.57. The van der Waals surface area contributed by atoms with E-state index < -0.39 is 11.9 Å². The molecule has 0 atom stereocenters. The van der Waals surface area contributed by atoms with Gasteiger partial charge in [0.15, 0.2) is 11.5 Å². The number of halogens is 1. The van der Waals surface area contributed by atoms with Crippen LogP contribution in [0.2, 0.25) is 0 Å². The Morgan fingerprint density at radius 1 is 1.09 bits per heavy atom. The maximum absolute atomic E-state index is 12.8. The molecule has 0 saturated carbocycles. The molecule has 0 aliphatic rings. The number of amides is 1. The molecule has 0 aliphatic carbocycles. The number of carbonyl (C=O) groups excluding carboxylic acids is 2. The lowest BCUT2D eigenvalue weighted by Crippen LogP contribution is -2.25. The second-order valence-corrected chi connectivity index (χ2v) is 7.54. The predicted molar refractivity (Wildman–Crippen MR) is 127 cm³/mol. The SMILES string of the molecule is CCCCNC(=O)/C(C#N)=C/c1ccc(OC(=O)c2cc(OC)c(OC)c(OC)c2Br)cc1. The van der Waals surface area contributed by atoms with Gasteiger partial charge in [-0.1, -0.05) is 25.5 Å². The number of hydrogen-bond donors (Lipinski definition) is 1. The first-order chi connectivity index (χ1) is 15.9. The van der Waals surface area contributed by atoms with Gasteiger partial charge in [0.05, 0.1) is 31.4 Å². The third kappa shape index (κ3) is 6.49. The van der Waals surface area contributed by atoms with E-state index in [0.717, 1.165) is 12.8 Å². The summed E-state index contributed by atoms with van der Waals surface area (Å²) in [5.41, 5.74) is 0.798. The van der Waals surface area contributed by atoms with Crippen LogP contribution in [0, 0.1) is 11.3 Å². The molecule has 0 unspecified atom stereocenters. The minimum atomic E-state index is -0.641. The second-order valence-electron chi connectivity index (χ2n) is 6.74. The van der Waals surface area contributed by atoms with Gasteiger partial charge in [0, 0.05) is 6.54 Å². The van der Waals surface area contributed by atoms with Gasteiger partial charge in [0.2, 0.25) is 5.75 Å². The Kier molecular flexibility index (Phi) is 9.76. The summed E-state index contributed by atoms with van der Waals surface area (Å²) < 4.78 is 21.8. The van der Waals surface area contributed by atoms with Crippen LogP contribution in [0.4, 0.5) is 0 Å². The lowest BCUT2D eigenvalue weighted by molar-refractivity contribution is -0.117. The molecule has 174 valence electrons. The molecular weight excluding hydrogens is 492 g/mol. The molecule has 0 radical (unpaired) electrons. The largest absolute Gasteiger partial charge is 0.493 e. The van der Waals surface area contributed by atoms with Crippen molar-refractivity contribution in [2.45, 2.75) is 19.8 Å². The van der Waals surface area contributed by atoms with Crippen molar-refractivity contribution >= 4 is 33.9 Å². The van der Waals surface area contributed by atoms with Gasteiger partial charge >= 0.3 is 5.97 Å². The fraction of sp³-hybridized carbons (Fsp3) is 0.292. The van der Waals surface area contributed by atoms with Gasteiger partial charge < -0.3 is 24.3 Å². The Hall–Kier alpha value is -3.51. The average Bonchev–Trinajstić information content (AvgIpc) is 2.82. The van der Waals surface area contributed by atoms with Gasteiger partial charge in [-0.2, -0.15) is 5.26 Å². The molecule has 0 bridgehead atoms. The molecule has 33 heavy (non-hydrogen) atoms. The summed E-state index contributed by atoms with van der Waals surface area (Å²) in [7, 11) is 4.36. The van der Waals surface area contributed by atoms with Crippen molar-refractivity contribution in [2.24, 2.45) is 0 Å². The number of nitrogens with zero attached hydrogens (tertiary/aromatic N) is 1. The monoisotopic (exact) mass is 516 g/mol. The maximum Gasteiger partial charge on any atom is 0.344 e. The zero-order valence-corrected chi connectivity index (χ0v) is 20.4. The molecule has 9 heteroatoms. The minimum absolute atomic E-state index is 0.00259. The van der Waals surface area contributed by atoms with Crippen LogP contribution in [-0.2, 0) is 4.79 Å². The van der Waals surface area contributed by atoms with Gasteiger partial charge in [-0.3, -0.25) is 4.79 Å². The highest BCUT2D eigenvalue weighted by Gasteiger charge is 2.24. The van der Waals surface area contributed by atoms with E-state index in [1.54, 1.807) is 24.3 Å². The van der Waals surface area contributed by atoms with E-state index in [9.17, 15) is 14.9 Å². The van der Waals surface area contributed by atoms with Crippen molar-refractivity contribution in [3.63, 3.8) is 0 Å². The third-order valence-corrected chi connectivity index (χ3v) is 5.36. The van der Waals surface area contributed by atoms with Crippen molar-refractivity contribution in [1.82, 2.24) is 5.32 Å². The smallest absolute Gasteiger partial charge is 0.344 e. The summed E-state index contributed by atoms with van der Waals surface area (Å²) in [6.07, 6.45) is 3.26. The molecule has 8 nitrogen and oxygen atoms in total. The Labute approximate surface area is 201 Å². The fourth-order valence-electron chi connectivity index (χ4n) is 2.85. The molecule has 2 rings (SSSR count). The van der Waals surface area contributed by atoms with E-state index in [1.165, 1.54) is 33.5 Å². The Morgan fingerprint density at radius 3 is 2.30 bits per heavy atom. The van der Waals surface area contributed by atoms with E-state index in [4.69, 9.17) is 18.9 Å². The standard InChI is InChI=1S/C24H25BrN2O6/c1-5-6-11-27-23(28)16(14-26)12-15-7-9-17(10-8-15)33-24(29)18-13-19(30-2)21(31-3)22(32-4)20(18)25/h7-10,12-13H,5-6,11H2,1-4H3,(H,27,28)/b16-12+. The number of unbranched alkanes of at least 4 members (excludes halogenated alkanes) is 1. The molecule has 1 amide bonds. The van der Waals surface area contributed by atoms with Gasteiger partial charge in [-0.25, -0.2) is 4.79 Å². The van der Waals surface area contributed by atoms with E-state index in [2.05, 4.69) is 21.2 Å². The highest BCUT2D eigenvalue weighted by atomic mass is 79.9. The van der Waals surface area contributed by atoms with Crippen LogP contribution in [0.15, 0.2) is 40.4 Å². The summed E-state index contributed by atoms with van der Waals surface area (Å²) in [4.78, 5) is 24.9. The number of methoxy groups -OCH3 is 3. The second kappa shape index (κ2) is 12.5. The van der Waals surface area contributed by atoms with Crippen LogP contribution in [0.5, 0.6) is 23.0 Å². The number of nitrogens with one attached hydrogen (secondary N) is 1. The first-order valence-electron chi connectivity index (χ1n) is 10.1. The highest BCUT2D eigenvalue weighted by Crippen LogP contribution is 2.44. The van der Waals surface area contributed by atoms with Gasteiger partial charge in [-0.15, -0.1) is 0 Å². The molecule has 0 aliphatic heterocycles. The van der Waals surface area contributed by atoms with E-state index >= 15 is 0 Å². The zero-order valence-electron chi connectivity index (χ0n) is 18.9. The predicted octanol–water partition coefficient (Wildman–Crippen LogP) is 4.52. The normalized spacial score (nSPS) is 10.7. The summed E-state index contributed by atoms with van der Waals surface area (Å²) in [5.74, 6) is 0.165. The molecule has 2 aromatic carbocycles. The Balaban J connectivity index is 2.21. The van der Waals surface area contributed by atoms with Crippen molar-refractivity contribution in [2.75, 3.05) is 27.9 Å². The molecule has 0 spiro atoms. The van der Waals surface area contributed by atoms with Crippen LogP contribution in [0.1, 0.15) is 35.7 Å². The molecule has 0 aromatic heterocycles. The number of carbonyl (C=O) groups is 2. The van der Waals surface area contributed by atoms with E-state index in [0.29, 0.717) is 33.8 Å². The van der Waals surface area contributed by atoms with Crippen LogP contribution in [0.25, 0.3) is 6.08 Å². The topological polar surface area (TPSA) is 107 Å². The number of ether oxygens (including phenoxy) is 4. The molecule has 1 N–H and O–H groups in total. The molecule has 0 saturated heterocycles. The van der Waals surface area contributed by atoms with Crippen molar-refractivity contribution in [3.8, 4) is 29.1 Å². The van der Waals surface area contributed by atoms with Crippen LogP contribution < -0.4 is 24.3 Å². The zero-order chi connectivity index (χ0) is 24.4. The summed E-state index contributed by atoms with van der Waals surface area (Å²) >= 11 is 3.36. The van der Waals surface area contributed by atoms with Crippen LogP contribution >= 0.6 is 15.9 Å². The number of benzene rings is 2. The molecule has 2 aromatic rings. The average molecular weight is 517 g/mol. The number of rotatable bonds is 10. The van der Waals surface area contributed by atoms with E-state index in [1.807, 2.05) is 13.0 Å². The fourth-order valence-corrected chi connectivity index (χ4v) is 3.47. The Bertz CT molecular complexity index is 1070. The van der Waals surface area contributed by atoms with Crippen LogP contribution in [-0.4, -0.2) is 39.8 Å². The first-order valence-corrected chi connectivity index (χ1v) is 10.9. The number of esters is 1. The minimum Gasteiger partial charge on any atom is -0.493 e. The van der Waals surface area contributed by atoms with Crippen molar-refractivity contribution in [1.29, 1.82) is 5.26 Å². The first kappa shape index (κ1) is 25.7. The van der Waals surface area contributed by atoms with Crippen molar-refractivity contribution in [3.05, 3.63) is 51.5 Å². The quantitative estimate of drug-likeness (QED) is 0.162. The lowest BCUT2D eigenvalue weighted by atomic mass is 10.1. The number of hydrogen-bond acceptors (Lipinski definition) is 7. The molecule has 0 heterocycles. The number of nitriles is 1. The maximum atomic E-state index is 12.8. The summed E-state index contributed by atoms with van der Waals surface area (Å²) in [5, 5.41) is 12.0. The van der Waals surface area contributed by atoms with Crippen LogP contribution in [0.3, 0.4) is 0 Å². The van der Waals surface area contributed by atoms with Gasteiger partial charge in [-0.05, 0) is 52.2 Å². The van der Waals surface area contributed by atoms with E-state index in [-0.39, 0.29) is 16.9 Å². The van der Waals surface area contributed by atoms with Gasteiger partial charge in [0.1, 0.15) is 17.4 Å². The highest BCUT2D eigenvalue weighted by molar-refractivity contribution is 9.10. The van der Waals surface area contributed by atoms with Gasteiger partial charge in [0.25, 0.3) is 5.91 Å². The molecule has 0 fully saturated rings. The lowest BCUT2D eigenvalue weighted by Gasteiger charge is -2.16. The summed E-state index contributed by atoms with van der Waals surface area (Å²) in [6.45, 7) is 2.53. The Morgan fingerprint density at radius 2 is 1.76 bits per heavy atom.